The van der Waals surface area contributed by atoms with Crippen molar-refractivity contribution in [2.75, 3.05) is 20.3 Å². The summed E-state index contributed by atoms with van der Waals surface area (Å²) in [5, 5.41) is 4.14. The number of rotatable bonds is 5. The topological polar surface area (TPSA) is 36.3 Å². The van der Waals surface area contributed by atoms with Gasteiger partial charge in [0.2, 0.25) is 0 Å². The van der Waals surface area contributed by atoms with Crippen LogP contribution in [0, 0.1) is 0 Å². The number of aromatic nitrogens is 2. The molecule has 2 rings (SSSR count). The van der Waals surface area contributed by atoms with E-state index in [1.165, 1.54) is 0 Å². The molecule has 0 saturated carbocycles. The molecule has 0 fully saturated rings. The van der Waals surface area contributed by atoms with Gasteiger partial charge in [0.15, 0.2) is 0 Å². The van der Waals surface area contributed by atoms with Gasteiger partial charge in [-0.3, -0.25) is 4.68 Å². The maximum atomic E-state index is 5.50. The first kappa shape index (κ1) is 11.7. The van der Waals surface area contributed by atoms with Gasteiger partial charge < -0.3 is 9.47 Å². The second-order valence-corrected chi connectivity index (χ2v) is 3.71. The molecule has 2 aromatic rings. The zero-order valence-electron chi connectivity index (χ0n) is 10.1. The number of aryl methyl sites for hydroxylation is 1. The van der Waals surface area contributed by atoms with E-state index < -0.39 is 0 Å². The summed E-state index contributed by atoms with van der Waals surface area (Å²) in [5.74, 6) is 0.855. The van der Waals surface area contributed by atoms with Gasteiger partial charge in [-0.25, -0.2) is 0 Å². The maximum absolute atomic E-state index is 5.50. The van der Waals surface area contributed by atoms with Crippen LogP contribution in [-0.4, -0.2) is 30.1 Å². The van der Waals surface area contributed by atoms with E-state index in [1.807, 2.05) is 42.1 Å². The standard InChI is InChI=1S/C13H16N2O2/c1-15-13(7-8-14-15)11-3-5-12(6-4-11)17-10-9-16-2/h3-8H,9-10H2,1-2H3. The fourth-order valence-electron chi connectivity index (χ4n) is 1.62. The molecule has 1 aromatic carbocycles. The Hall–Kier alpha value is -1.81. The van der Waals surface area contributed by atoms with E-state index in [9.17, 15) is 0 Å². The van der Waals surface area contributed by atoms with Gasteiger partial charge in [0.1, 0.15) is 12.4 Å². The van der Waals surface area contributed by atoms with E-state index >= 15 is 0 Å². The summed E-state index contributed by atoms with van der Waals surface area (Å²) in [4.78, 5) is 0. The number of hydrogen-bond donors (Lipinski definition) is 0. The highest BCUT2D eigenvalue weighted by Gasteiger charge is 2.02. The average Bonchev–Trinajstić information content (AvgIpc) is 2.77. The van der Waals surface area contributed by atoms with Crippen molar-refractivity contribution in [1.29, 1.82) is 0 Å². The summed E-state index contributed by atoms with van der Waals surface area (Å²) >= 11 is 0. The third-order valence-corrected chi connectivity index (χ3v) is 2.53. The van der Waals surface area contributed by atoms with Gasteiger partial charge >= 0.3 is 0 Å². The summed E-state index contributed by atoms with van der Waals surface area (Å²) in [6.45, 7) is 1.17. The average molecular weight is 232 g/mol. The van der Waals surface area contributed by atoms with E-state index in [0.717, 1.165) is 17.0 Å². The van der Waals surface area contributed by atoms with Crippen LogP contribution in [-0.2, 0) is 11.8 Å². The Labute approximate surface area is 101 Å². The summed E-state index contributed by atoms with van der Waals surface area (Å²) in [6, 6.07) is 9.95. The number of ether oxygens (including phenoxy) is 2. The first-order chi connectivity index (χ1) is 8.31. The maximum Gasteiger partial charge on any atom is 0.119 e. The van der Waals surface area contributed by atoms with Gasteiger partial charge in [-0.2, -0.15) is 5.10 Å². The number of benzene rings is 1. The summed E-state index contributed by atoms with van der Waals surface area (Å²) in [6.07, 6.45) is 1.79. The molecule has 0 aliphatic heterocycles. The minimum atomic E-state index is 0.571. The molecular weight excluding hydrogens is 216 g/mol. The van der Waals surface area contributed by atoms with Crippen molar-refractivity contribution < 1.29 is 9.47 Å². The lowest BCUT2D eigenvalue weighted by Crippen LogP contribution is -2.04. The van der Waals surface area contributed by atoms with E-state index in [4.69, 9.17) is 9.47 Å². The van der Waals surface area contributed by atoms with Gasteiger partial charge in [0.05, 0.1) is 12.3 Å². The molecule has 0 aliphatic carbocycles. The monoisotopic (exact) mass is 232 g/mol. The predicted molar refractivity (Wildman–Crippen MR) is 66.0 cm³/mol. The van der Waals surface area contributed by atoms with Gasteiger partial charge in [0.25, 0.3) is 0 Å². The Morgan fingerprint density at radius 2 is 1.88 bits per heavy atom. The summed E-state index contributed by atoms with van der Waals surface area (Å²) in [5.41, 5.74) is 2.22. The molecule has 0 bridgehead atoms. The van der Waals surface area contributed by atoms with Gasteiger partial charge in [-0.05, 0) is 30.3 Å². The third-order valence-electron chi connectivity index (χ3n) is 2.53. The first-order valence-corrected chi connectivity index (χ1v) is 5.51. The van der Waals surface area contributed by atoms with E-state index in [1.54, 1.807) is 13.3 Å². The molecular formula is C13H16N2O2. The third kappa shape index (κ3) is 2.85. The molecule has 4 nitrogen and oxygen atoms in total. The number of nitrogens with zero attached hydrogens (tertiary/aromatic N) is 2. The van der Waals surface area contributed by atoms with Crippen LogP contribution in [0.1, 0.15) is 0 Å². The molecule has 0 saturated heterocycles. The molecule has 1 heterocycles. The molecule has 4 heteroatoms. The van der Waals surface area contributed by atoms with Gasteiger partial charge in [-0.1, -0.05) is 0 Å². The van der Waals surface area contributed by atoms with Crippen LogP contribution in [0.15, 0.2) is 36.5 Å². The molecule has 0 radical (unpaired) electrons. The highest BCUT2D eigenvalue weighted by atomic mass is 16.5. The van der Waals surface area contributed by atoms with Crippen molar-refractivity contribution in [3.05, 3.63) is 36.5 Å². The van der Waals surface area contributed by atoms with Gasteiger partial charge in [0, 0.05) is 25.9 Å². The molecule has 0 amide bonds. The van der Waals surface area contributed by atoms with Gasteiger partial charge in [-0.15, -0.1) is 0 Å². The number of methoxy groups -OCH3 is 1. The predicted octanol–water partition coefficient (Wildman–Crippen LogP) is 2.11. The van der Waals surface area contributed by atoms with E-state index in [2.05, 4.69) is 5.10 Å². The molecule has 0 aliphatic rings. The van der Waals surface area contributed by atoms with Crippen molar-refractivity contribution in [3.8, 4) is 17.0 Å². The Balaban J connectivity index is 2.06. The second kappa shape index (κ2) is 5.50. The lowest BCUT2D eigenvalue weighted by atomic mass is 10.1. The summed E-state index contributed by atoms with van der Waals surface area (Å²) in [7, 11) is 3.59. The smallest absolute Gasteiger partial charge is 0.119 e. The molecule has 1 aromatic heterocycles. The molecule has 0 spiro atoms. The summed E-state index contributed by atoms with van der Waals surface area (Å²) < 4.78 is 12.3. The van der Waals surface area contributed by atoms with Crippen LogP contribution < -0.4 is 4.74 Å². The minimum absolute atomic E-state index is 0.571. The van der Waals surface area contributed by atoms with Crippen LogP contribution in [0.2, 0.25) is 0 Å². The van der Waals surface area contributed by atoms with Crippen LogP contribution in [0.25, 0.3) is 11.3 Å². The largest absolute Gasteiger partial charge is 0.491 e. The fourth-order valence-corrected chi connectivity index (χ4v) is 1.62. The Morgan fingerprint density at radius 3 is 2.47 bits per heavy atom. The van der Waals surface area contributed by atoms with E-state index in [-0.39, 0.29) is 0 Å². The van der Waals surface area contributed by atoms with Crippen LogP contribution >= 0.6 is 0 Å². The quantitative estimate of drug-likeness (QED) is 0.741. The normalized spacial score (nSPS) is 10.5. The molecule has 0 N–H and O–H groups in total. The number of hydrogen-bond acceptors (Lipinski definition) is 3. The molecule has 17 heavy (non-hydrogen) atoms. The fraction of sp³-hybridized carbons (Fsp3) is 0.308. The SMILES string of the molecule is COCCOc1ccc(-c2ccnn2C)cc1. The van der Waals surface area contributed by atoms with Crippen molar-refractivity contribution in [3.63, 3.8) is 0 Å². The minimum Gasteiger partial charge on any atom is -0.491 e. The zero-order valence-corrected chi connectivity index (χ0v) is 10.1. The van der Waals surface area contributed by atoms with Crippen LogP contribution in [0.4, 0.5) is 0 Å². The lowest BCUT2D eigenvalue weighted by molar-refractivity contribution is 0.146. The van der Waals surface area contributed by atoms with Crippen LogP contribution in [0.3, 0.4) is 0 Å². The lowest BCUT2D eigenvalue weighted by Gasteiger charge is -2.06. The Morgan fingerprint density at radius 1 is 1.12 bits per heavy atom. The van der Waals surface area contributed by atoms with Crippen molar-refractivity contribution in [1.82, 2.24) is 9.78 Å². The van der Waals surface area contributed by atoms with Crippen molar-refractivity contribution in [2.24, 2.45) is 7.05 Å². The Kier molecular flexibility index (Phi) is 3.77. The van der Waals surface area contributed by atoms with Crippen molar-refractivity contribution >= 4 is 0 Å². The van der Waals surface area contributed by atoms with Crippen LogP contribution in [0.5, 0.6) is 5.75 Å². The Bertz CT molecular complexity index is 463. The molecule has 0 atom stereocenters. The highest BCUT2D eigenvalue weighted by molar-refractivity contribution is 5.60. The van der Waals surface area contributed by atoms with Crippen molar-refractivity contribution in [2.45, 2.75) is 0 Å². The molecule has 90 valence electrons. The van der Waals surface area contributed by atoms with E-state index in [0.29, 0.717) is 13.2 Å². The second-order valence-electron chi connectivity index (χ2n) is 3.71. The first-order valence-electron chi connectivity index (χ1n) is 5.51. The highest BCUT2D eigenvalue weighted by Crippen LogP contribution is 2.21. The zero-order chi connectivity index (χ0) is 12.1. The molecule has 0 unspecified atom stereocenters.